The topological polar surface area (TPSA) is 72.5 Å². The van der Waals surface area contributed by atoms with Crippen LogP contribution in [0, 0.1) is 20.8 Å². The monoisotopic (exact) mass is 353 g/mol. The van der Waals surface area contributed by atoms with E-state index in [4.69, 9.17) is 4.74 Å². The number of hydrogen-bond acceptors (Lipinski definition) is 5. The molecule has 124 valence electrons. The molecular formula is C16H19NO4S2. The first-order valence-corrected chi connectivity index (χ1v) is 9.42. The van der Waals surface area contributed by atoms with E-state index in [1.807, 2.05) is 19.9 Å². The molecule has 0 unspecified atom stereocenters. The van der Waals surface area contributed by atoms with E-state index in [-0.39, 0.29) is 17.1 Å². The highest BCUT2D eigenvalue weighted by Gasteiger charge is 2.24. The third-order valence-electron chi connectivity index (χ3n) is 3.39. The Balaban J connectivity index is 2.44. The summed E-state index contributed by atoms with van der Waals surface area (Å²) in [6, 6.07) is 6.61. The lowest BCUT2D eigenvalue weighted by Crippen LogP contribution is -2.15. The van der Waals surface area contributed by atoms with Crippen LogP contribution in [0.25, 0.3) is 0 Å². The zero-order chi connectivity index (χ0) is 17.2. The molecule has 1 N–H and O–H groups in total. The van der Waals surface area contributed by atoms with Gasteiger partial charge in [-0.1, -0.05) is 12.1 Å². The van der Waals surface area contributed by atoms with Crippen molar-refractivity contribution < 1.29 is 17.9 Å². The van der Waals surface area contributed by atoms with Crippen LogP contribution in [0.2, 0.25) is 0 Å². The lowest BCUT2D eigenvalue weighted by atomic mass is 10.2. The SMILES string of the molecule is CCOC(=O)c1c(NS(=O)(=O)c2cccc(C)c2)sc(C)c1C. The Labute approximate surface area is 140 Å². The summed E-state index contributed by atoms with van der Waals surface area (Å²) >= 11 is 1.23. The summed E-state index contributed by atoms with van der Waals surface area (Å²) in [4.78, 5) is 13.2. The molecular weight excluding hydrogens is 334 g/mol. The van der Waals surface area contributed by atoms with Crippen LogP contribution in [-0.4, -0.2) is 21.0 Å². The van der Waals surface area contributed by atoms with Gasteiger partial charge < -0.3 is 4.74 Å². The van der Waals surface area contributed by atoms with Crippen molar-refractivity contribution in [2.24, 2.45) is 0 Å². The lowest BCUT2D eigenvalue weighted by molar-refractivity contribution is 0.0527. The molecule has 0 spiro atoms. The summed E-state index contributed by atoms with van der Waals surface area (Å²) < 4.78 is 32.7. The molecule has 0 aliphatic heterocycles. The van der Waals surface area contributed by atoms with Crippen LogP contribution in [0.5, 0.6) is 0 Å². The smallest absolute Gasteiger partial charge is 0.341 e. The summed E-state index contributed by atoms with van der Waals surface area (Å²) in [5.41, 5.74) is 1.86. The summed E-state index contributed by atoms with van der Waals surface area (Å²) in [6.07, 6.45) is 0. The molecule has 0 bridgehead atoms. The second-order valence-electron chi connectivity index (χ2n) is 5.13. The van der Waals surface area contributed by atoms with Crippen LogP contribution < -0.4 is 4.72 Å². The molecule has 0 atom stereocenters. The molecule has 1 aromatic carbocycles. The molecule has 0 saturated carbocycles. The minimum atomic E-state index is -3.76. The molecule has 1 heterocycles. The predicted molar refractivity (Wildman–Crippen MR) is 91.7 cm³/mol. The fraction of sp³-hybridized carbons (Fsp3) is 0.312. The largest absolute Gasteiger partial charge is 0.462 e. The zero-order valence-corrected chi connectivity index (χ0v) is 15.1. The van der Waals surface area contributed by atoms with E-state index in [0.29, 0.717) is 5.00 Å². The van der Waals surface area contributed by atoms with Gasteiger partial charge in [0.05, 0.1) is 17.1 Å². The van der Waals surface area contributed by atoms with Crippen molar-refractivity contribution in [2.45, 2.75) is 32.6 Å². The Bertz CT molecular complexity index is 838. The number of esters is 1. The van der Waals surface area contributed by atoms with Crippen LogP contribution in [-0.2, 0) is 14.8 Å². The number of aryl methyl sites for hydroxylation is 2. The molecule has 0 aliphatic carbocycles. The van der Waals surface area contributed by atoms with Gasteiger partial charge in [0.1, 0.15) is 5.00 Å². The number of thiophene rings is 1. The summed E-state index contributed by atoms with van der Waals surface area (Å²) in [7, 11) is -3.76. The van der Waals surface area contributed by atoms with Crippen molar-refractivity contribution >= 4 is 32.3 Å². The highest BCUT2D eigenvalue weighted by molar-refractivity contribution is 7.93. The van der Waals surface area contributed by atoms with Gasteiger partial charge in [0.2, 0.25) is 0 Å². The molecule has 2 rings (SSSR count). The van der Waals surface area contributed by atoms with Gasteiger partial charge in [-0.2, -0.15) is 0 Å². The number of nitrogens with one attached hydrogen (secondary N) is 1. The summed E-state index contributed by atoms with van der Waals surface area (Å²) in [5.74, 6) is -0.517. The first kappa shape index (κ1) is 17.5. The zero-order valence-electron chi connectivity index (χ0n) is 13.5. The fourth-order valence-corrected chi connectivity index (χ4v) is 4.57. The van der Waals surface area contributed by atoms with Crippen molar-refractivity contribution in [3.63, 3.8) is 0 Å². The van der Waals surface area contributed by atoms with Crippen LogP contribution in [0.3, 0.4) is 0 Å². The Morgan fingerprint density at radius 3 is 2.57 bits per heavy atom. The Morgan fingerprint density at radius 2 is 1.96 bits per heavy atom. The standard InChI is InChI=1S/C16H19NO4S2/c1-5-21-16(18)14-11(3)12(4)22-15(14)17-23(19,20)13-8-6-7-10(2)9-13/h6-9,17H,5H2,1-4H3. The number of hydrogen-bond donors (Lipinski definition) is 1. The molecule has 0 aliphatic rings. The number of sulfonamides is 1. The normalized spacial score (nSPS) is 11.3. The lowest BCUT2D eigenvalue weighted by Gasteiger charge is -2.09. The average molecular weight is 353 g/mol. The van der Waals surface area contributed by atoms with Crippen LogP contribution in [0.4, 0.5) is 5.00 Å². The van der Waals surface area contributed by atoms with Crippen molar-refractivity contribution in [3.05, 3.63) is 45.8 Å². The van der Waals surface area contributed by atoms with Gasteiger partial charge in [0.25, 0.3) is 10.0 Å². The molecule has 0 radical (unpaired) electrons. The molecule has 0 fully saturated rings. The molecule has 7 heteroatoms. The van der Waals surface area contributed by atoms with Gasteiger partial charge >= 0.3 is 5.97 Å². The van der Waals surface area contributed by atoms with Gasteiger partial charge in [-0.05, 0) is 51.0 Å². The quantitative estimate of drug-likeness (QED) is 0.833. The van der Waals surface area contributed by atoms with Crippen LogP contribution in [0.15, 0.2) is 29.2 Å². The fourth-order valence-electron chi connectivity index (χ4n) is 2.11. The van der Waals surface area contributed by atoms with E-state index < -0.39 is 16.0 Å². The molecule has 2 aromatic rings. The highest BCUT2D eigenvalue weighted by Crippen LogP contribution is 2.34. The first-order valence-electron chi connectivity index (χ1n) is 7.13. The van der Waals surface area contributed by atoms with Crippen molar-refractivity contribution in [1.82, 2.24) is 0 Å². The average Bonchev–Trinajstić information content (AvgIpc) is 2.73. The number of carbonyl (C=O) groups is 1. The second-order valence-corrected chi connectivity index (χ2v) is 8.04. The number of carbonyl (C=O) groups excluding carboxylic acids is 1. The Kier molecular flexibility index (Phi) is 5.11. The summed E-state index contributed by atoms with van der Waals surface area (Å²) in [5, 5.41) is 0.292. The molecule has 0 saturated heterocycles. The summed E-state index contributed by atoms with van der Waals surface area (Å²) in [6.45, 7) is 7.39. The third kappa shape index (κ3) is 3.73. The van der Waals surface area contributed by atoms with E-state index in [1.54, 1.807) is 26.0 Å². The van der Waals surface area contributed by atoms with Gasteiger partial charge in [-0.25, -0.2) is 13.2 Å². The van der Waals surface area contributed by atoms with Gasteiger partial charge in [-0.3, -0.25) is 4.72 Å². The third-order valence-corrected chi connectivity index (χ3v) is 5.99. The van der Waals surface area contributed by atoms with Crippen molar-refractivity contribution in [3.8, 4) is 0 Å². The van der Waals surface area contributed by atoms with Gasteiger partial charge in [-0.15, -0.1) is 11.3 Å². The van der Waals surface area contributed by atoms with E-state index in [2.05, 4.69) is 4.72 Å². The molecule has 1 aromatic heterocycles. The predicted octanol–water partition coefficient (Wildman–Crippen LogP) is 3.65. The van der Waals surface area contributed by atoms with E-state index in [9.17, 15) is 13.2 Å². The van der Waals surface area contributed by atoms with Crippen molar-refractivity contribution in [1.29, 1.82) is 0 Å². The maximum absolute atomic E-state index is 12.6. The minimum Gasteiger partial charge on any atom is -0.462 e. The van der Waals surface area contributed by atoms with Gasteiger partial charge in [0.15, 0.2) is 0 Å². The maximum Gasteiger partial charge on any atom is 0.341 e. The van der Waals surface area contributed by atoms with E-state index in [1.165, 1.54) is 17.4 Å². The number of rotatable bonds is 5. The maximum atomic E-state index is 12.6. The molecule has 23 heavy (non-hydrogen) atoms. The molecule has 0 amide bonds. The van der Waals surface area contributed by atoms with Crippen LogP contribution >= 0.6 is 11.3 Å². The van der Waals surface area contributed by atoms with E-state index in [0.717, 1.165) is 16.0 Å². The first-order chi connectivity index (χ1) is 10.8. The van der Waals surface area contributed by atoms with Crippen LogP contribution in [0.1, 0.15) is 33.3 Å². The highest BCUT2D eigenvalue weighted by atomic mass is 32.2. The van der Waals surface area contributed by atoms with Crippen molar-refractivity contribution in [2.75, 3.05) is 11.3 Å². The molecule has 5 nitrogen and oxygen atoms in total. The second kappa shape index (κ2) is 6.72. The van der Waals surface area contributed by atoms with E-state index >= 15 is 0 Å². The Hall–Kier alpha value is -1.86. The number of ether oxygens (including phenoxy) is 1. The van der Waals surface area contributed by atoms with Gasteiger partial charge in [0, 0.05) is 4.88 Å². The number of benzene rings is 1. The number of anilines is 1. The minimum absolute atomic E-state index is 0.163. The Morgan fingerprint density at radius 1 is 1.26 bits per heavy atom.